The van der Waals surface area contributed by atoms with E-state index in [1.165, 1.54) is 83.5 Å². The van der Waals surface area contributed by atoms with Crippen molar-refractivity contribution in [2.75, 3.05) is 26.4 Å². The molecule has 0 saturated carbocycles. The zero-order valence-electron chi connectivity index (χ0n) is 48.2. The van der Waals surface area contributed by atoms with Crippen LogP contribution in [-0.2, 0) is 42.2 Å². The summed E-state index contributed by atoms with van der Waals surface area (Å²) in [5, 5.41) is 9.83. The zero-order chi connectivity index (χ0) is 55.5. The van der Waals surface area contributed by atoms with Gasteiger partial charge in [-0.25, -0.2) is 4.57 Å². The number of unbranched alkanes of at least 4 members (excludes halogenated alkanes) is 22. The summed E-state index contributed by atoms with van der Waals surface area (Å²) in [4.78, 5) is 48.6. The Hall–Kier alpha value is -3.60. The van der Waals surface area contributed by atoms with Gasteiger partial charge in [0, 0.05) is 19.3 Å². The van der Waals surface area contributed by atoms with Crippen LogP contribution < -0.4 is 0 Å². The summed E-state index contributed by atoms with van der Waals surface area (Å²) >= 11 is 0. The van der Waals surface area contributed by atoms with Gasteiger partial charge in [0.1, 0.15) is 12.7 Å². The molecule has 0 saturated heterocycles. The third kappa shape index (κ3) is 55.2. The maximum Gasteiger partial charge on any atom is 0.472 e. The Morgan fingerprint density at radius 2 is 0.697 bits per heavy atom. The normalized spacial score (nSPS) is 14.0. The van der Waals surface area contributed by atoms with Crippen molar-refractivity contribution in [3.63, 3.8) is 0 Å². The highest BCUT2D eigenvalue weighted by molar-refractivity contribution is 7.47. The minimum atomic E-state index is -4.77. The van der Waals surface area contributed by atoms with Crippen molar-refractivity contribution in [1.82, 2.24) is 0 Å². The fourth-order valence-corrected chi connectivity index (χ4v) is 8.78. The summed E-state index contributed by atoms with van der Waals surface area (Å²) in [6, 6.07) is 0. The molecule has 2 N–H and O–H groups in total. The van der Waals surface area contributed by atoms with Crippen molar-refractivity contribution in [3.05, 3.63) is 97.2 Å². The molecular formula is C64H109O11P. The molecule has 0 bridgehead atoms. The molecule has 3 atom stereocenters. The van der Waals surface area contributed by atoms with Crippen LogP contribution in [-0.4, -0.2) is 66.5 Å². The number of carbonyl (C=O) groups is 3. The molecule has 0 fully saturated rings. The van der Waals surface area contributed by atoms with E-state index in [1.54, 1.807) is 0 Å². The maximum absolute atomic E-state index is 12.9. The first-order chi connectivity index (χ1) is 37.2. The summed E-state index contributed by atoms with van der Waals surface area (Å²) in [5.74, 6) is -1.54. The predicted octanol–water partition coefficient (Wildman–Crippen LogP) is 18.0. The van der Waals surface area contributed by atoms with Crippen LogP contribution in [0.25, 0.3) is 0 Å². The summed E-state index contributed by atoms with van der Waals surface area (Å²) in [7, 11) is -4.77. The monoisotopic (exact) mass is 1080 g/mol. The number of carbonyl (C=O) groups excluding carboxylic acids is 3. The van der Waals surface area contributed by atoms with Crippen LogP contribution >= 0.6 is 7.82 Å². The van der Waals surface area contributed by atoms with Gasteiger partial charge < -0.3 is 24.2 Å². The fraction of sp³-hybridized carbons (Fsp3) is 0.703. The molecule has 0 spiro atoms. The Bertz CT molecular complexity index is 1640. The summed E-state index contributed by atoms with van der Waals surface area (Å²) in [6.07, 6.45) is 68.0. The second-order valence-corrected chi connectivity index (χ2v) is 21.2. The van der Waals surface area contributed by atoms with E-state index >= 15 is 0 Å². The first-order valence-corrected chi connectivity index (χ1v) is 31.6. The number of hydrogen-bond acceptors (Lipinski definition) is 10. The highest BCUT2D eigenvalue weighted by Gasteiger charge is 2.28. The van der Waals surface area contributed by atoms with Gasteiger partial charge in [0.25, 0.3) is 0 Å². The molecule has 0 aromatic rings. The van der Waals surface area contributed by atoms with E-state index in [0.717, 1.165) is 103 Å². The number of hydrogen-bond donors (Lipinski definition) is 2. The molecule has 0 aromatic heterocycles. The molecule has 3 unspecified atom stereocenters. The van der Waals surface area contributed by atoms with Crippen molar-refractivity contribution in [1.29, 1.82) is 0 Å². The van der Waals surface area contributed by atoms with Crippen LogP contribution in [0.15, 0.2) is 97.2 Å². The Balaban J connectivity index is 4.78. The molecule has 76 heavy (non-hydrogen) atoms. The van der Waals surface area contributed by atoms with Crippen molar-refractivity contribution < 1.29 is 52.2 Å². The number of ether oxygens (including phenoxy) is 3. The third-order valence-electron chi connectivity index (χ3n) is 12.5. The Labute approximate surface area is 463 Å². The summed E-state index contributed by atoms with van der Waals surface area (Å²) < 4.78 is 39.5. The number of allylic oxidation sites excluding steroid dienone is 16. The lowest BCUT2D eigenvalue weighted by atomic mass is 10.0. The third-order valence-corrected chi connectivity index (χ3v) is 13.5. The molecule has 0 heterocycles. The smallest absolute Gasteiger partial charge is 0.462 e. The van der Waals surface area contributed by atoms with Gasteiger partial charge in [-0.3, -0.25) is 23.4 Å². The van der Waals surface area contributed by atoms with E-state index in [0.29, 0.717) is 25.7 Å². The van der Waals surface area contributed by atoms with Gasteiger partial charge in [0.15, 0.2) is 6.10 Å². The molecule has 12 heteroatoms. The lowest BCUT2D eigenvalue weighted by Gasteiger charge is -2.21. The molecular weight excluding hydrogens is 976 g/mol. The molecule has 0 rings (SSSR count). The van der Waals surface area contributed by atoms with E-state index < -0.39 is 57.8 Å². The Kier molecular flexibility index (Phi) is 54.8. The second kappa shape index (κ2) is 57.6. The van der Waals surface area contributed by atoms with Crippen molar-refractivity contribution >= 4 is 25.7 Å². The molecule has 0 amide bonds. The summed E-state index contributed by atoms with van der Waals surface area (Å²) in [6.45, 7) is 4.36. The van der Waals surface area contributed by atoms with Crippen LogP contribution in [0, 0.1) is 0 Å². The molecule has 0 aromatic carbocycles. The van der Waals surface area contributed by atoms with Crippen molar-refractivity contribution in [2.45, 2.75) is 264 Å². The molecule has 0 aliphatic rings. The predicted molar refractivity (Wildman–Crippen MR) is 316 cm³/mol. The average Bonchev–Trinajstić information content (AvgIpc) is 3.41. The number of rotatable bonds is 55. The molecule has 0 aliphatic heterocycles. The number of phosphoric acid groups is 1. The Morgan fingerprint density at radius 3 is 1.11 bits per heavy atom. The van der Waals surface area contributed by atoms with E-state index in [1.807, 2.05) is 12.2 Å². The summed E-state index contributed by atoms with van der Waals surface area (Å²) in [5.41, 5.74) is 0. The largest absolute Gasteiger partial charge is 0.472 e. The minimum Gasteiger partial charge on any atom is -0.462 e. The number of aliphatic hydroxyl groups is 1. The first kappa shape index (κ1) is 72.4. The van der Waals surface area contributed by atoms with Gasteiger partial charge in [-0.15, -0.1) is 0 Å². The van der Waals surface area contributed by atoms with Crippen LogP contribution in [0.1, 0.15) is 252 Å². The van der Waals surface area contributed by atoms with E-state index in [4.69, 9.17) is 23.3 Å². The fourth-order valence-electron chi connectivity index (χ4n) is 8.00. The van der Waals surface area contributed by atoms with Crippen LogP contribution in [0.2, 0.25) is 0 Å². The lowest BCUT2D eigenvalue weighted by Crippen LogP contribution is -2.30. The van der Waals surface area contributed by atoms with Gasteiger partial charge in [0.05, 0.1) is 19.8 Å². The van der Waals surface area contributed by atoms with E-state index in [9.17, 15) is 28.9 Å². The average molecular weight is 1090 g/mol. The molecule has 0 radical (unpaired) electrons. The highest BCUT2D eigenvalue weighted by atomic mass is 31.2. The highest BCUT2D eigenvalue weighted by Crippen LogP contribution is 2.43. The van der Waals surface area contributed by atoms with Gasteiger partial charge in [-0.05, 0) is 89.9 Å². The zero-order valence-corrected chi connectivity index (χ0v) is 49.1. The molecule has 11 nitrogen and oxygen atoms in total. The molecule has 0 aliphatic carbocycles. The van der Waals surface area contributed by atoms with Gasteiger partial charge in [0.2, 0.25) is 0 Å². The minimum absolute atomic E-state index is 0.0867. The van der Waals surface area contributed by atoms with E-state index in [-0.39, 0.29) is 25.9 Å². The molecule has 436 valence electrons. The topological polar surface area (TPSA) is 155 Å². The number of aliphatic hydroxyl groups excluding tert-OH is 1. The number of esters is 3. The quantitative estimate of drug-likeness (QED) is 0.0197. The van der Waals surface area contributed by atoms with Crippen LogP contribution in [0.3, 0.4) is 0 Å². The SMILES string of the molecule is CC/C=C\C/C=C\C/C=C\C/C=C\C/C=C\CCCC(=O)OC(COC(=O)CCCCCCCCCCCCCCCCC)COP(=O)(O)OCC(CO)OC(=O)CCCCCCCCC/C=C\C/C=C\C/C=C\CC. The lowest BCUT2D eigenvalue weighted by molar-refractivity contribution is -0.161. The van der Waals surface area contributed by atoms with E-state index in [2.05, 4.69) is 106 Å². The van der Waals surface area contributed by atoms with Crippen molar-refractivity contribution in [2.24, 2.45) is 0 Å². The van der Waals surface area contributed by atoms with Crippen molar-refractivity contribution in [3.8, 4) is 0 Å². The first-order valence-electron chi connectivity index (χ1n) is 30.1. The van der Waals surface area contributed by atoms with Crippen LogP contribution in [0.5, 0.6) is 0 Å². The second-order valence-electron chi connectivity index (χ2n) is 19.8. The maximum atomic E-state index is 12.9. The van der Waals surface area contributed by atoms with Gasteiger partial charge in [-0.2, -0.15) is 0 Å². The Morgan fingerprint density at radius 1 is 0.382 bits per heavy atom. The number of phosphoric ester groups is 1. The van der Waals surface area contributed by atoms with Gasteiger partial charge in [-0.1, -0.05) is 240 Å². The van der Waals surface area contributed by atoms with Gasteiger partial charge >= 0.3 is 25.7 Å². The standard InChI is InChI=1S/C64H109O11P/c1-4-7-10-13-16-19-22-25-28-30-33-36-39-42-45-48-51-54-63(67)74-60(56-65)58-72-76(69,70)73-59-61(57-71-62(66)53-50-47-44-41-38-35-32-27-24-21-18-15-12-9-6-3)75-64(68)55-52-49-46-43-40-37-34-31-29-26-23-20-17-14-11-8-5-2/h7-8,10-11,16-17,19-20,25-26,28-29,34,37,43,46,60-61,65H,4-6,9,12-15,18,21-24,27,30-33,35-36,38-42,44-45,47-59H2,1-3H3,(H,69,70)/b10-7-,11-8-,19-16-,20-17-,28-25-,29-26-,37-34-,46-43-. The van der Waals surface area contributed by atoms with Crippen LogP contribution in [0.4, 0.5) is 0 Å².